The Morgan fingerprint density at radius 1 is 0.478 bits per heavy atom. The van der Waals surface area contributed by atoms with Crippen LogP contribution < -0.4 is 9.47 Å². The first kappa shape index (κ1) is 38.5. The van der Waals surface area contributed by atoms with E-state index in [0.29, 0.717) is 19.0 Å². The highest BCUT2D eigenvalue weighted by Gasteiger charge is 2.19. The molecule has 0 bridgehead atoms. The third kappa shape index (κ3) is 13.6. The highest BCUT2D eigenvalue weighted by atomic mass is 35.7. The van der Waals surface area contributed by atoms with Gasteiger partial charge < -0.3 is 9.47 Å². The lowest BCUT2D eigenvalue weighted by Crippen LogP contribution is -2.03. The molecule has 0 spiro atoms. The molecule has 0 saturated carbocycles. The van der Waals surface area contributed by atoms with Crippen molar-refractivity contribution in [1.82, 2.24) is 0 Å². The van der Waals surface area contributed by atoms with E-state index in [-0.39, 0.29) is 4.90 Å². The van der Waals surface area contributed by atoms with E-state index < -0.39 is 9.05 Å². The van der Waals surface area contributed by atoms with E-state index in [1.165, 1.54) is 116 Å². The van der Waals surface area contributed by atoms with Crippen LogP contribution in [-0.2, 0) is 9.05 Å². The number of rotatable bonds is 27. The lowest BCUT2D eigenvalue weighted by Gasteiger charge is -2.18. The predicted octanol–water partition coefficient (Wildman–Crippen LogP) is 13.3. The Kier molecular flexibility index (Phi) is 18.9. The van der Waals surface area contributed by atoms with Crippen LogP contribution in [0.3, 0.4) is 0 Å². The van der Waals surface area contributed by atoms with Gasteiger partial charge in [0.2, 0.25) is 0 Å². The van der Waals surface area contributed by atoms with Gasteiger partial charge in [0.1, 0.15) is 11.5 Å². The van der Waals surface area contributed by atoms with Crippen LogP contribution in [0.5, 0.6) is 11.5 Å². The van der Waals surface area contributed by atoms with E-state index in [4.69, 9.17) is 20.2 Å². The lowest BCUT2D eigenvalue weighted by molar-refractivity contribution is 0.306. The van der Waals surface area contributed by atoms with Crippen LogP contribution in [0.4, 0.5) is 0 Å². The van der Waals surface area contributed by atoms with E-state index >= 15 is 0 Å². The van der Waals surface area contributed by atoms with E-state index in [2.05, 4.69) is 19.9 Å². The predicted molar refractivity (Wildman–Crippen MR) is 198 cm³/mol. The van der Waals surface area contributed by atoms with Gasteiger partial charge in [0.15, 0.2) is 0 Å². The van der Waals surface area contributed by atoms with Gasteiger partial charge in [-0.3, -0.25) is 0 Å². The number of fused-ring (bicyclic) bond motifs is 2. The van der Waals surface area contributed by atoms with E-state index in [1.54, 1.807) is 12.1 Å². The molecule has 3 rings (SSSR count). The summed E-state index contributed by atoms with van der Waals surface area (Å²) < 4.78 is 37.5. The molecule has 0 N–H and O–H groups in total. The Hall–Kier alpha value is -1.98. The second kappa shape index (κ2) is 22.6. The number of hydrogen-bond acceptors (Lipinski definition) is 4. The molecular formula is C40H61ClO4S. The molecule has 0 unspecified atom stereocenters. The minimum atomic E-state index is -3.89. The van der Waals surface area contributed by atoms with Gasteiger partial charge in [-0.05, 0) is 31.0 Å². The van der Waals surface area contributed by atoms with Crippen molar-refractivity contribution in [3.05, 3.63) is 42.5 Å². The molecule has 0 aliphatic rings. The summed E-state index contributed by atoms with van der Waals surface area (Å²) in [4.78, 5) is 0.0767. The zero-order chi connectivity index (χ0) is 32.9. The number of halogens is 1. The summed E-state index contributed by atoms with van der Waals surface area (Å²) >= 11 is 0. The second-order valence-corrected chi connectivity index (χ2v) is 15.7. The fraction of sp³-hybridized carbons (Fsp3) is 0.650. The van der Waals surface area contributed by atoms with Crippen molar-refractivity contribution in [3.8, 4) is 11.5 Å². The molecule has 0 atom stereocenters. The average Bonchev–Trinajstić information content (AvgIpc) is 3.05. The largest absolute Gasteiger partial charge is 0.492 e. The van der Waals surface area contributed by atoms with Gasteiger partial charge in [0.25, 0.3) is 9.05 Å². The maximum absolute atomic E-state index is 12.3. The van der Waals surface area contributed by atoms with Crippen molar-refractivity contribution < 1.29 is 17.9 Å². The van der Waals surface area contributed by atoms with Crippen molar-refractivity contribution in [1.29, 1.82) is 0 Å². The van der Waals surface area contributed by atoms with Crippen LogP contribution in [0.1, 0.15) is 155 Å². The molecule has 0 saturated heterocycles. The molecule has 258 valence electrons. The summed E-state index contributed by atoms with van der Waals surface area (Å²) in [7, 11) is 1.90. The topological polar surface area (TPSA) is 52.6 Å². The summed E-state index contributed by atoms with van der Waals surface area (Å²) in [5.74, 6) is 1.50. The Morgan fingerprint density at radius 2 is 0.826 bits per heavy atom. The van der Waals surface area contributed by atoms with Crippen LogP contribution in [0.25, 0.3) is 21.5 Å². The Morgan fingerprint density at radius 3 is 1.22 bits per heavy atom. The van der Waals surface area contributed by atoms with Gasteiger partial charge >= 0.3 is 0 Å². The zero-order valence-electron chi connectivity index (χ0n) is 28.9. The molecule has 4 nitrogen and oxygen atoms in total. The molecule has 3 aromatic rings. The maximum atomic E-state index is 12.3. The highest BCUT2D eigenvalue weighted by molar-refractivity contribution is 8.13. The normalized spacial score (nSPS) is 11.9. The summed E-state index contributed by atoms with van der Waals surface area (Å²) in [5, 5.41) is 3.53. The van der Waals surface area contributed by atoms with Crippen molar-refractivity contribution in [2.45, 2.75) is 160 Å². The number of ether oxygens (including phenoxy) is 2. The Bertz CT molecular complexity index is 1370. The zero-order valence-corrected chi connectivity index (χ0v) is 30.5. The molecule has 0 aliphatic heterocycles. The van der Waals surface area contributed by atoms with Crippen LogP contribution in [-0.4, -0.2) is 21.6 Å². The minimum Gasteiger partial charge on any atom is -0.492 e. The van der Waals surface area contributed by atoms with Crippen LogP contribution in [0.15, 0.2) is 47.4 Å². The smallest absolute Gasteiger partial charge is 0.261 e. The standard InChI is InChI=1S/C40H61ClO4S/c1-3-5-7-9-11-13-15-17-19-21-25-31-44-39-35-27-23-24-28-36(35)40(38-33-34(46(41,42)43)29-30-37(38)39)45-32-26-22-20-18-16-14-12-10-8-6-4-2/h23-24,27-30,33H,3-22,25-26,31-32H2,1-2H3. The number of benzene rings is 3. The summed E-state index contributed by atoms with van der Waals surface area (Å²) in [6.45, 7) is 5.75. The molecule has 0 radical (unpaired) electrons. The molecule has 0 aliphatic carbocycles. The van der Waals surface area contributed by atoms with E-state index in [9.17, 15) is 8.42 Å². The first-order valence-electron chi connectivity index (χ1n) is 18.7. The van der Waals surface area contributed by atoms with Gasteiger partial charge in [0, 0.05) is 32.2 Å². The molecule has 6 heteroatoms. The number of unbranched alkanes of at least 4 members (excludes halogenated alkanes) is 20. The van der Waals surface area contributed by atoms with Gasteiger partial charge in [-0.1, -0.05) is 167 Å². The fourth-order valence-electron chi connectivity index (χ4n) is 6.42. The average molecular weight is 673 g/mol. The van der Waals surface area contributed by atoms with Crippen LogP contribution in [0, 0.1) is 0 Å². The van der Waals surface area contributed by atoms with Crippen molar-refractivity contribution >= 4 is 41.3 Å². The first-order valence-corrected chi connectivity index (χ1v) is 21.0. The van der Waals surface area contributed by atoms with Crippen LogP contribution >= 0.6 is 10.7 Å². The van der Waals surface area contributed by atoms with Crippen LogP contribution in [0.2, 0.25) is 0 Å². The van der Waals surface area contributed by atoms with Crippen molar-refractivity contribution in [3.63, 3.8) is 0 Å². The Balaban J connectivity index is 1.58. The third-order valence-electron chi connectivity index (χ3n) is 9.17. The molecule has 0 fully saturated rings. The third-order valence-corrected chi connectivity index (χ3v) is 10.5. The maximum Gasteiger partial charge on any atom is 0.261 e. The summed E-state index contributed by atoms with van der Waals surface area (Å²) in [6.07, 6.45) is 28.2. The first-order chi connectivity index (χ1) is 22.5. The van der Waals surface area contributed by atoms with Gasteiger partial charge in [0.05, 0.1) is 18.1 Å². The quantitative estimate of drug-likeness (QED) is 0.0459. The van der Waals surface area contributed by atoms with E-state index in [1.807, 2.05) is 24.3 Å². The number of hydrogen-bond donors (Lipinski definition) is 0. The highest BCUT2D eigenvalue weighted by Crippen LogP contribution is 2.44. The molecule has 0 amide bonds. The van der Waals surface area contributed by atoms with Gasteiger partial charge in [-0.2, -0.15) is 0 Å². The Labute approximate surface area is 285 Å². The van der Waals surface area contributed by atoms with E-state index in [0.717, 1.165) is 53.0 Å². The summed E-state index contributed by atoms with van der Waals surface area (Å²) in [6, 6.07) is 13.2. The van der Waals surface area contributed by atoms with Gasteiger partial charge in [-0.25, -0.2) is 8.42 Å². The second-order valence-electron chi connectivity index (χ2n) is 13.1. The molecule has 3 aromatic carbocycles. The molecule has 46 heavy (non-hydrogen) atoms. The van der Waals surface area contributed by atoms with Crippen molar-refractivity contribution in [2.24, 2.45) is 0 Å². The fourth-order valence-corrected chi connectivity index (χ4v) is 7.20. The lowest BCUT2D eigenvalue weighted by atomic mass is 10.0. The molecule has 0 aromatic heterocycles. The van der Waals surface area contributed by atoms with Crippen molar-refractivity contribution in [2.75, 3.05) is 13.2 Å². The minimum absolute atomic E-state index is 0.0767. The monoisotopic (exact) mass is 672 g/mol. The molecular weight excluding hydrogens is 612 g/mol. The molecule has 0 heterocycles. The van der Waals surface area contributed by atoms with Gasteiger partial charge in [-0.15, -0.1) is 0 Å². The SMILES string of the molecule is CCCCCCCCCCCCCOc1c2ccccc2c(OCCCCCCCCCCCCC)c2cc(S(=O)(=O)Cl)ccc12. The summed E-state index contributed by atoms with van der Waals surface area (Å²) in [5.41, 5.74) is 0.